The van der Waals surface area contributed by atoms with Crippen molar-refractivity contribution in [2.45, 2.75) is 65.0 Å². The van der Waals surface area contributed by atoms with Crippen molar-refractivity contribution in [2.75, 3.05) is 10.6 Å². The predicted molar refractivity (Wildman–Crippen MR) is 134 cm³/mol. The normalized spacial score (nSPS) is 13.8. The highest BCUT2D eigenvalue weighted by Crippen LogP contribution is 2.32. The third kappa shape index (κ3) is 4.84. The van der Waals surface area contributed by atoms with Gasteiger partial charge in [-0.25, -0.2) is 4.79 Å². The van der Waals surface area contributed by atoms with Gasteiger partial charge in [-0.3, -0.25) is 28.8 Å². The molecule has 2 heterocycles. The lowest BCUT2D eigenvalue weighted by atomic mass is 10.1. The maximum absolute atomic E-state index is 13.7. The number of anilines is 2. The van der Waals surface area contributed by atoms with Gasteiger partial charge in [0.15, 0.2) is 17.2 Å². The van der Waals surface area contributed by atoms with Crippen molar-refractivity contribution in [1.82, 2.24) is 9.55 Å². The fourth-order valence-electron chi connectivity index (χ4n) is 4.56. The van der Waals surface area contributed by atoms with Crippen molar-refractivity contribution in [3.63, 3.8) is 0 Å². The topological polar surface area (TPSA) is 131 Å². The molecule has 0 saturated heterocycles. The van der Waals surface area contributed by atoms with Crippen LogP contribution in [0.3, 0.4) is 0 Å². The Morgan fingerprint density at radius 2 is 1.80 bits per heavy atom. The molecule has 1 aromatic carbocycles. The van der Waals surface area contributed by atoms with Gasteiger partial charge in [-0.15, -0.1) is 0 Å². The Hall–Kier alpha value is -3.88. The summed E-state index contributed by atoms with van der Waals surface area (Å²) in [7, 11) is 0. The molecule has 4 rings (SSSR count). The van der Waals surface area contributed by atoms with Crippen molar-refractivity contribution in [3.05, 3.63) is 68.6 Å². The number of nitrogens with zero attached hydrogens (tertiary/aromatic N) is 2. The summed E-state index contributed by atoms with van der Waals surface area (Å²) in [6.07, 6.45) is 4.84. The molecular weight excluding hydrogens is 448 g/mol. The van der Waals surface area contributed by atoms with E-state index in [0.717, 1.165) is 32.1 Å². The minimum Gasteiger partial charge on any atom is -0.451 e. The fraction of sp³-hybridized carbons (Fsp3) is 0.385. The van der Waals surface area contributed by atoms with Crippen molar-refractivity contribution >= 4 is 23.2 Å². The van der Waals surface area contributed by atoms with Crippen LogP contribution in [0, 0.1) is 0 Å². The average molecular weight is 479 g/mol. The number of hydrogen-bond donors (Lipinski definition) is 2. The van der Waals surface area contributed by atoms with Gasteiger partial charge in [-0.05, 0) is 38.3 Å². The summed E-state index contributed by atoms with van der Waals surface area (Å²) in [5.74, 6) is -0.0140. The van der Waals surface area contributed by atoms with E-state index in [9.17, 15) is 19.2 Å². The van der Waals surface area contributed by atoms with E-state index < -0.39 is 17.2 Å². The second kappa shape index (κ2) is 10.2. The molecule has 1 fully saturated rings. The van der Waals surface area contributed by atoms with E-state index in [1.165, 1.54) is 16.4 Å². The lowest BCUT2D eigenvalue weighted by Gasteiger charge is -2.29. The Balaban J connectivity index is 1.74. The zero-order valence-corrected chi connectivity index (χ0v) is 20.0. The highest BCUT2D eigenvalue weighted by Gasteiger charge is 2.34. The third-order valence-electron chi connectivity index (χ3n) is 6.49. The van der Waals surface area contributed by atoms with Gasteiger partial charge in [0.2, 0.25) is 0 Å². The van der Waals surface area contributed by atoms with Crippen LogP contribution in [0.2, 0.25) is 0 Å². The lowest BCUT2D eigenvalue weighted by Crippen LogP contribution is -2.45. The van der Waals surface area contributed by atoms with E-state index >= 15 is 0 Å². The van der Waals surface area contributed by atoms with Gasteiger partial charge in [-0.2, -0.15) is 0 Å². The smallest absolute Gasteiger partial charge is 0.330 e. The summed E-state index contributed by atoms with van der Waals surface area (Å²) in [5, 5.41) is 0. The van der Waals surface area contributed by atoms with Gasteiger partial charge in [0, 0.05) is 23.7 Å². The average Bonchev–Trinajstić information content (AvgIpc) is 3.54. The summed E-state index contributed by atoms with van der Waals surface area (Å²) in [4.78, 5) is 54.4. The van der Waals surface area contributed by atoms with Gasteiger partial charge < -0.3 is 10.2 Å². The second-order valence-electron chi connectivity index (χ2n) is 8.91. The van der Waals surface area contributed by atoms with Crippen LogP contribution >= 0.6 is 0 Å². The van der Waals surface area contributed by atoms with Crippen LogP contribution in [0.4, 0.5) is 11.5 Å². The number of nitrogens with two attached hydrogens (primary N) is 1. The number of H-pyrrole nitrogens is 1. The number of aromatic amines is 1. The number of furan rings is 1. The molecule has 0 bridgehead atoms. The molecule has 9 nitrogen and oxygen atoms in total. The number of unbranched alkanes of at least 4 members (excludes halogenated alkanes) is 1. The molecule has 0 spiro atoms. The minimum atomic E-state index is -0.688. The van der Waals surface area contributed by atoms with E-state index in [-0.39, 0.29) is 29.1 Å². The summed E-state index contributed by atoms with van der Waals surface area (Å²) >= 11 is 0. The van der Waals surface area contributed by atoms with Crippen LogP contribution in [0.25, 0.3) is 11.3 Å². The lowest BCUT2D eigenvalue weighted by molar-refractivity contribution is 0.0949. The molecule has 0 atom stereocenters. The predicted octanol–water partition coefficient (Wildman–Crippen LogP) is 3.97. The van der Waals surface area contributed by atoms with Crippen LogP contribution in [-0.4, -0.2) is 27.3 Å². The van der Waals surface area contributed by atoms with E-state index in [0.29, 0.717) is 29.9 Å². The summed E-state index contributed by atoms with van der Waals surface area (Å²) in [5.41, 5.74) is 6.35. The van der Waals surface area contributed by atoms with Crippen LogP contribution in [0.5, 0.6) is 0 Å². The number of aromatic nitrogens is 2. The largest absolute Gasteiger partial charge is 0.451 e. The van der Waals surface area contributed by atoms with Crippen molar-refractivity contribution in [2.24, 2.45) is 0 Å². The zero-order valence-electron chi connectivity index (χ0n) is 20.0. The first-order valence-electron chi connectivity index (χ1n) is 12.0. The fourth-order valence-corrected chi connectivity index (χ4v) is 4.56. The van der Waals surface area contributed by atoms with Gasteiger partial charge in [-0.1, -0.05) is 50.5 Å². The van der Waals surface area contributed by atoms with Gasteiger partial charge in [0.1, 0.15) is 11.6 Å². The molecule has 9 heteroatoms. The Morgan fingerprint density at radius 3 is 2.43 bits per heavy atom. The molecule has 3 aromatic rings. The molecule has 1 aliphatic carbocycles. The zero-order chi connectivity index (χ0) is 25.1. The maximum Gasteiger partial charge on any atom is 0.330 e. The Morgan fingerprint density at radius 1 is 1.11 bits per heavy atom. The van der Waals surface area contributed by atoms with Crippen LogP contribution in [0.15, 0.2) is 50.4 Å². The maximum atomic E-state index is 13.7. The number of rotatable bonds is 8. The highest BCUT2D eigenvalue weighted by atomic mass is 16.4. The number of benzene rings is 1. The molecular formula is C26H30N4O5. The first-order chi connectivity index (χ1) is 16.8. The second-order valence-corrected chi connectivity index (χ2v) is 8.91. The van der Waals surface area contributed by atoms with Gasteiger partial charge in [0.05, 0.1) is 0 Å². The summed E-state index contributed by atoms with van der Waals surface area (Å²) in [6, 6.07) is 9.93. The van der Waals surface area contributed by atoms with Gasteiger partial charge in [0.25, 0.3) is 11.5 Å². The number of amides is 1. The Kier molecular flexibility index (Phi) is 7.04. The molecule has 184 valence electrons. The van der Waals surface area contributed by atoms with Crippen molar-refractivity contribution in [1.29, 1.82) is 0 Å². The number of carbonyl (C=O) groups excluding carboxylic acids is 2. The van der Waals surface area contributed by atoms with Crippen LogP contribution in [-0.2, 0) is 6.54 Å². The van der Waals surface area contributed by atoms with E-state index in [4.69, 9.17) is 10.2 Å². The number of hydrogen-bond acceptors (Lipinski definition) is 6. The number of carbonyl (C=O) groups is 2. The molecule has 3 N–H and O–H groups in total. The molecule has 35 heavy (non-hydrogen) atoms. The van der Waals surface area contributed by atoms with Crippen LogP contribution in [0.1, 0.15) is 73.3 Å². The molecule has 0 unspecified atom stereocenters. The van der Waals surface area contributed by atoms with E-state index in [1.54, 1.807) is 36.4 Å². The first-order valence-corrected chi connectivity index (χ1v) is 12.0. The van der Waals surface area contributed by atoms with E-state index in [1.807, 2.05) is 6.92 Å². The number of Topliss-reactive ketones (excluding diaryl/α,β-unsaturated/α-hetero) is 1. The van der Waals surface area contributed by atoms with E-state index in [2.05, 4.69) is 4.98 Å². The van der Waals surface area contributed by atoms with Gasteiger partial charge >= 0.3 is 5.69 Å². The Labute approximate surface area is 202 Å². The molecule has 2 aromatic heterocycles. The first kappa shape index (κ1) is 24.3. The summed E-state index contributed by atoms with van der Waals surface area (Å²) < 4.78 is 7.21. The van der Waals surface area contributed by atoms with Crippen molar-refractivity contribution in [3.8, 4) is 11.3 Å². The quantitative estimate of drug-likeness (QED) is 0.471. The highest BCUT2D eigenvalue weighted by molar-refractivity contribution is 6.06. The monoisotopic (exact) mass is 478 g/mol. The number of nitrogen functional groups attached to an aromatic ring is 1. The third-order valence-corrected chi connectivity index (χ3v) is 6.49. The SMILES string of the molecule is CCCCn1c(N)c(N(C(=O)c2ccc(-c3ccc(C(C)=O)cc3)o2)C2CCCC2)c(=O)[nH]c1=O. The summed E-state index contributed by atoms with van der Waals surface area (Å²) in [6.45, 7) is 3.83. The van der Waals surface area contributed by atoms with Crippen molar-refractivity contribution < 1.29 is 14.0 Å². The number of ketones is 1. The Bertz CT molecular complexity index is 1340. The molecule has 0 radical (unpaired) electrons. The molecule has 0 aliphatic heterocycles. The van der Waals surface area contributed by atoms with Crippen LogP contribution < -0.4 is 21.9 Å². The minimum absolute atomic E-state index is 0.0126. The standard InChI is InChI=1S/C26H30N4O5/c1-3-4-15-29-23(27)22(24(32)28-26(29)34)30(19-7-5-6-8-19)25(33)21-14-13-20(35-21)18-11-9-17(10-12-18)16(2)31/h9-14,19H,3-8,15,27H2,1-2H3,(H,28,32,34). The molecule has 1 aliphatic rings. The molecule has 1 amide bonds. The number of nitrogens with one attached hydrogen (secondary N) is 1. The molecule has 1 saturated carbocycles.